The molecule has 2 aromatic rings. The summed E-state index contributed by atoms with van der Waals surface area (Å²) in [6, 6.07) is 9.86. The molecule has 0 heterocycles. The highest BCUT2D eigenvalue weighted by Crippen LogP contribution is 2.18. The largest absolute Gasteiger partial charge is 0.324 e. The third-order valence-electron chi connectivity index (χ3n) is 3.47. The van der Waals surface area contributed by atoms with E-state index in [1.54, 1.807) is 6.92 Å². The van der Waals surface area contributed by atoms with Crippen molar-refractivity contribution in [2.75, 3.05) is 5.32 Å². The van der Waals surface area contributed by atoms with Crippen molar-refractivity contribution >= 4 is 38.9 Å². The Labute approximate surface area is 155 Å². The fourth-order valence-electron chi connectivity index (χ4n) is 2.12. The molecule has 138 valence electrons. The van der Waals surface area contributed by atoms with Crippen LogP contribution >= 0.6 is 11.6 Å². The van der Waals surface area contributed by atoms with E-state index in [1.807, 2.05) is 0 Å². The zero-order valence-electron chi connectivity index (χ0n) is 13.7. The minimum atomic E-state index is -3.92. The lowest BCUT2D eigenvalue weighted by Gasteiger charge is -2.17. The number of sulfonamides is 1. The van der Waals surface area contributed by atoms with Crippen LogP contribution in [0.1, 0.15) is 13.3 Å². The van der Waals surface area contributed by atoms with Gasteiger partial charge in [-0.1, -0.05) is 24.6 Å². The Morgan fingerprint density at radius 3 is 2.46 bits per heavy atom. The van der Waals surface area contributed by atoms with Crippen molar-refractivity contribution in [3.8, 4) is 0 Å². The molecule has 0 fully saturated rings. The Hall–Kier alpha value is -2.49. The van der Waals surface area contributed by atoms with Gasteiger partial charge in [0.1, 0.15) is 6.04 Å². The van der Waals surface area contributed by atoms with Gasteiger partial charge in [-0.2, -0.15) is 4.72 Å². The van der Waals surface area contributed by atoms with Crippen molar-refractivity contribution in [3.63, 3.8) is 0 Å². The number of benzene rings is 2. The number of nitrogens with zero attached hydrogens (tertiary/aromatic N) is 1. The minimum absolute atomic E-state index is 0.0245. The molecule has 1 amide bonds. The van der Waals surface area contributed by atoms with Gasteiger partial charge < -0.3 is 5.32 Å². The van der Waals surface area contributed by atoms with E-state index in [9.17, 15) is 23.3 Å². The fourth-order valence-corrected chi connectivity index (χ4v) is 3.52. The molecule has 0 aromatic heterocycles. The molecule has 1 unspecified atom stereocenters. The van der Waals surface area contributed by atoms with Gasteiger partial charge in [-0.05, 0) is 36.8 Å². The van der Waals surface area contributed by atoms with Crippen molar-refractivity contribution in [1.29, 1.82) is 0 Å². The maximum absolute atomic E-state index is 12.4. The standard InChI is InChI=1S/C16H16ClN3O5S/c1-2-15(19-26(24,25)14-8-6-11(17)7-9-14)16(21)18-12-4-3-5-13(10-12)20(22)23/h3-10,15,19H,2H2,1H3,(H,18,21). The number of carbonyl (C=O) groups is 1. The summed E-state index contributed by atoms with van der Waals surface area (Å²) in [5.74, 6) is -0.620. The number of halogens is 1. The van der Waals surface area contributed by atoms with E-state index in [1.165, 1.54) is 48.5 Å². The van der Waals surface area contributed by atoms with Gasteiger partial charge in [0.2, 0.25) is 15.9 Å². The van der Waals surface area contributed by atoms with E-state index in [-0.39, 0.29) is 22.7 Å². The second-order valence-corrected chi connectivity index (χ2v) is 7.48. The van der Waals surface area contributed by atoms with Gasteiger partial charge in [0, 0.05) is 22.8 Å². The lowest BCUT2D eigenvalue weighted by Crippen LogP contribution is -2.43. The highest BCUT2D eigenvalue weighted by atomic mass is 35.5. The highest BCUT2D eigenvalue weighted by molar-refractivity contribution is 7.89. The zero-order chi connectivity index (χ0) is 19.3. The summed E-state index contributed by atoms with van der Waals surface area (Å²) in [6.45, 7) is 1.64. The number of hydrogen-bond donors (Lipinski definition) is 2. The maximum Gasteiger partial charge on any atom is 0.271 e. The molecule has 10 heteroatoms. The van der Waals surface area contributed by atoms with E-state index < -0.39 is 26.9 Å². The number of non-ortho nitro benzene ring substituents is 1. The van der Waals surface area contributed by atoms with Gasteiger partial charge in [0.25, 0.3) is 5.69 Å². The third kappa shape index (κ3) is 5.01. The Bertz CT molecular complexity index is 916. The van der Waals surface area contributed by atoms with Crippen molar-refractivity contribution in [1.82, 2.24) is 4.72 Å². The first-order valence-corrected chi connectivity index (χ1v) is 9.42. The molecule has 2 aromatic carbocycles. The molecule has 0 saturated carbocycles. The molecule has 1 atom stereocenters. The maximum atomic E-state index is 12.4. The van der Waals surface area contributed by atoms with Crippen molar-refractivity contribution in [2.24, 2.45) is 0 Å². The molecule has 26 heavy (non-hydrogen) atoms. The molecule has 2 N–H and O–H groups in total. The van der Waals surface area contributed by atoms with Crippen LogP contribution in [0.3, 0.4) is 0 Å². The van der Waals surface area contributed by atoms with E-state index in [2.05, 4.69) is 10.0 Å². The first-order valence-electron chi connectivity index (χ1n) is 7.56. The molecular formula is C16H16ClN3O5S. The second-order valence-electron chi connectivity index (χ2n) is 5.33. The van der Waals surface area contributed by atoms with Crippen molar-refractivity contribution in [2.45, 2.75) is 24.3 Å². The van der Waals surface area contributed by atoms with Crippen LogP contribution in [0.15, 0.2) is 53.4 Å². The van der Waals surface area contributed by atoms with Crippen LogP contribution in [0.5, 0.6) is 0 Å². The Balaban J connectivity index is 2.14. The molecular weight excluding hydrogens is 382 g/mol. The number of amides is 1. The molecule has 0 saturated heterocycles. The predicted molar refractivity (Wildman–Crippen MR) is 97.6 cm³/mol. The van der Waals surface area contributed by atoms with Gasteiger partial charge in [-0.15, -0.1) is 0 Å². The average molecular weight is 398 g/mol. The van der Waals surface area contributed by atoms with Crippen LogP contribution in [0.25, 0.3) is 0 Å². The van der Waals surface area contributed by atoms with E-state index in [0.29, 0.717) is 5.02 Å². The topological polar surface area (TPSA) is 118 Å². The van der Waals surface area contributed by atoms with Gasteiger partial charge >= 0.3 is 0 Å². The van der Waals surface area contributed by atoms with Crippen LogP contribution in [0.2, 0.25) is 5.02 Å². The number of rotatable bonds is 7. The Kier molecular flexibility index (Phi) is 6.30. The fraction of sp³-hybridized carbons (Fsp3) is 0.188. The van der Waals surface area contributed by atoms with Gasteiger partial charge in [-0.25, -0.2) is 8.42 Å². The van der Waals surface area contributed by atoms with Crippen molar-refractivity contribution < 1.29 is 18.1 Å². The number of nitro groups is 1. The van der Waals surface area contributed by atoms with Crippen molar-refractivity contribution in [3.05, 3.63) is 63.7 Å². The Morgan fingerprint density at radius 1 is 1.23 bits per heavy atom. The molecule has 0 spiro atoms. The lowest BCUT2D eigenvalue weighted by molar-refractivity contribution is -0.384. The molecule has 0 bridgehead atoms. The summed E-state index contributed by atoms with van der Waals surface area (Å²) in [5, 5.41) is 13.7. The van der Waals surface area contributed by atoms with Crippen LogP contribution in [-0.2, 0) is 14.8 Å². The number of carbonyl (C=O) groups excluding carboxylic acids is 1. The second kappa shape index (κ2) is 8.26. The van der Waals surface area contributed by atoms with E-state index in [0.717, 1.165) is 0 Å². The highest BCUT2D eigenvalue weighted by Gasteiger charge is 2.24. The normalized spacial score (nSPS) is 12.4. The number of anilines is 1. The first kappa shape index (κ1) is 19.8. The SMILES string of the molecule is CCC(NS(=O)(=O)c1ccc(Cl)cc1)C(=O)Nc1cccc([N+](=O)[O-])c1. The summed E-state index contributed by atoms with van der Waals surface area (Å²) in [5.41, 5.74) is 0.0194. The minimum Gasteiger partial charge on any atom is -0.324 e. The predicted octanol–water partition coefficient (Wildman–Crippen LogP) is 2.94. The van der Waals surface area contributed by atoms with Gasteiger partial charge in [0.05, 0.1) is 9.82 Å². The zero-order valence-corrected chi connectivity index (χ0v) is 15.3. The van der Waals surface area contributed by atoms with Crippen LogP contribution < -0.4 is 10.0 Å². The van der Waals surface area contributed by atoms with Crippen LogP contribution in [-0.4, -0.2) is 25.3 Å². The summed E-state index contributed by atoms with van der Waals surface area (Å²) < 4.78 is 27.1. The summed E-state index contributed by atoms with van der Waals surface area (Å²) in [7, 11) is -3.92. The summed E-state index contributed by atoms with van der Waals surface area (Å²) in [4.78, 5) is 22.5. The molecule has 0 aliphatic heterocycles. The summed E-state index contributed by atoms with van der Waals surface area (Å²) in [6.07, 6.45) is 0.188. The number of nitrogens with one attached hydrogen (secondary N) is 2. The molecule has 0 aliphatic rings. The Morgan fingerprint density at radius 2 is 1.88 bits per heavy atom. The first-order chi connectivity index (χ1) is 12.2. The molecule has 0 radical (unpaired) electrons. The third-order valence-corrected chi connectivity index (χ3v) is 5.21. The van der Waals surface area contributed by atoms with Gasteiger partial charge in [0.15, 0.2) is 0 Å². The lowest BCUT2D eigenvalue weighted by atomic mass is 10.2. The quantitative estimate of drug-likeness (QED) is 0.550. The van der Waals surface area contributed by atoms with Crippen LogP contribution in [0, 0.1) is 10.1 Å². The molecule has 0 aliphatic carbocycles. The molecule has 2 rings (SSSR count). The monoisotopic (exact) mass is 397 g/mol. The smallest absolute Gasteiger partial charge is 0.271 e. The summed E-state index contributed by atoms with van der Waals surface area (Å²) >= 11 is 5.74. The average Bonchev–Trinajstić information content (AvgIpc) is 2.60. The van der Waals surface area contributed by atoms with Crippen LogP contribution in [0.4, 0.5) is 11.4 Å². The number of hydrogen-bond acceptors (Lipinski definition) is 5. The number of nitro benzene ring substituents is 1. The van der Waals surface area contributed by atoms with Gasteiger partial charge in [-0.3, -0.25) is 14.9 Å². The molecule has 8 nitrogen and oxygen atoms in total. The van der Waals surface area contributed by atoms with E-state index in [4.69, 9.17) is 11.6 Å². The van der Waals surface area contributed by atoms with E-state index >= 15 is 0 Å².